The molecule has 0 aliphatic heterocycles. The van der Waals surface area contributed by atoms with E-state index < -0.39 is 0 Å². The summed E-state index contributed by atoms with van der Waals surface area (Å²) < 4.78 is 5.14. The quantitative estimate of drug-likeness (QED) is 0.542. The zero-order chi connectivity index (χ0) is 12.0. The van der Waals surface area contributed by atoms with Crippen LogP contribution in [0.25, 0.3) is 0 Å². The van der Waals surface area contributed by atoms with E-state index in [1.165, 1.54) is 25.7 Å². The molecule has 3 heteroatoms. The summed E-state index contributed by atoms with van der Waals surface area (Å²) in [5, 5.41) is 0. The smallest absolute Gasteiger partial charge is 0.0465 e. The van der Waals surface area contributed by atoms with Crippen LogP contribution in [0.15, 0.2) is 0 Å². The molecule has 0 radical (unpaired) electrons. The van der Waals surface area contributed by atoms with Crippen molar-refractivity contribution in [3.05, 3.63) is 0 Å². The van der Waals surface area contributed by atoms with Crippen LogP contribution in [0.1, 0.15) is 46.0 Å². The van der Waals surface area contributed by atoms with E-state index in [4.69, 9.17) is 10.6 Å². The third-order valence-electron chi connectivity index (χ3n) is 4.15. The van der Waals surface area contributed by atoms with Crippen molar-refractivity contribution in [2.24, 2.45) is 23.6 Å². The van der Waals surface area contributed by atoms with Gasteiger partial charge >= 0.3 is 0 Å². The molecule has 2 atom stereocenters. The Hall–Kier alpha value is -0.120. The molecule has 0 aromatic heterocycles. The highest BCUT2D eigenvalue weighted by atomic mass is 16.5. The fourth-order valence-corrected chi connectivity index (χ4v) is 2.89. The second kappa shape index (κ2) is 7.25. The predicted octanol–water partition coefficient (Wildman–Crippen LogP) is 2.32. The topological polar surface area (TPSA) is 47.3 Å². The van der Waals surface area contributed by atoms with Gasteiger partial charge < -0.3 is 4.74 Å². The molecule has 3 nitrogen and oxygen atoms in total. The minimum absolute atomic E-state index is 0.461. The molecule has 1 aliphatic rings. The Kier molecular flexibility index (Phi) is 6.32. The fraction of sp³-hybridized carbons (Fsp3) is 1.00. The molecule has 3 N–H and O–H groups in total. The van der Waals surface area contributed by atoms with E-state index in [-0.39, 0.29) is 0 Å². The van der Waals surface area contributed by atoms with Gasteiger partial charge in [0.25, 0.3) is 0 Å². The maximum atomic E-state index is 5.72. The van der Waals surface area contributed by atoms with E-state index in [9.17, 15) is 0 Å². The number of hydrazine groups is 1. The van der Waals surface area contributed by atoms with Crippen molar-refractivity contribution in [3.8, 4) is 0 Å². The van der Waals surface area contributed by atoms with Crippen LogP contribution in [0.4, 0.5) is 0 Å². The van der Waals surface area contributed by atoms with Gasteiger partial charge in [-0.3, -0.25) is 11.3 Å². The van der Waals surface area contributed by atoms with E-state index in [1.54, 1.807) is 7.11 Å². The van der Waals surface area contributed by atoms with Crippen LogP contribution in [0.5, 0.6) is 0 Å². The molecule has 0 amide bonds. The summed E-state index contributed by atoms with van der Waals surface area (Å²) in [6.07, 6.45) is 6.47. The second-order valence-corrected chi connectivity index (χ2v) is 5.47. The monoisotopic (exact) mass is 228 g/mol. The molecule has 16 heavy (non-hydrogen) atoms. The summed E-state index contributed by atoms with van der Waals surface area (Å²) in [7, 11) is 1.76. The zero-order valence-corrected chi connectivity index (χ0v) is 11.0. The Balaban J connectivity index is 2.40. The van der Waals surface area contributed by atoms with E-state index in [1.807, 2.05) is 0 Å². The maximum absolute atomic E-state index is 5.72. The van der Waals surface area contributed by atoms with E-state index in [0.29, 0.717) is 12.0 Å². The Bertz CT molecular complexity index is 179. The van der Waals surface area contributed by atoms with Crippen molar-refractivity contribution >= 4 is 0 Å². The van der Waals surface area contributed by atoms with Crippen molar-refractivity contribution in [1.29, 1.82) is 0 Å². The molecule has 1 fully saturated rings. The van der Waals surface area contributed by atoms with Gasteiger partial charge in [-0.2, -0.15) is 0 Å². The highest BCUT2D eigenvalue weighted by Crippen LogP contribution is 2.33. The lowest BCUT2D eigenvalue weighted by atomic mass is 9.75. The Morgan fingerprint density at radius 2 is 1.94 bits per heavy atom. The van der Waals surface area contributed by atoms with Gasteiger partial charge in [0.15, 0.2) is 0 Å². The number of hydrogen-bond donors (Lipinski definition) is 2. The number of hydrogen-bond acceptors (Lipinski definition) is 3. The van der Waals surface area contributed by atoms with E-state index in [2.05, 4.69) is 19.3 Å². The lowest BCUT2D eigenvalue weighted by Crippen LogP contribution is -2.46. The molecular weight excluding hydrogens is 200 g/mol. The van der Waals surface area contributed by atoms with Gasteiger partial charge in [0, 0.05) is 19.8 Å². The highest BCUT2D eigenvalue weighted by molar-refractivity contribution is 4.83. The highest BCUT2D eigenvalue weighted by Gasteiger charge is 2.28. The van der Waals surface area contributed by atoms with Crippen molar-refractivity contribution in [2.75, 3.05) is 13.7 Å². The summed E-state index contributed by atoms with van der Waals surface area (Å²) in [5.41, 5.74) is 3.04. The molecule has 0 heterocycles. The normalized spacial score (nSPS) is 30.0. The number of rotatable bonds is 6. The van der Waals surface area contributed by atoms with Crippen LogP contribution in [-0.2, 0) is 4.74 Å². The summed E-state index contributed by atoms with van der Waals surface area (Å²) >= 11 is 0. The number of ether oxygens (including phenoxy) is 1. The summed E-state index contributed by atoms with van der Waals surface area (Å²) in [4.78, 5) is 0. The second-order valence-electron chi connectivity index (χ2n) is 5.47. The van der Waals surface area contributed by atoms with Crippen molar-refractivity contribution < 1.29 is 4.74 Å². The SMILES string of the molecule is COCCC(C)C(NN)C1CCC(C)CC1. The number of nitrogens with two attached hydrogens (primary N) is 1. The van der Waals surface area contributed by atoms with Crippen LogP contribution < -0.4 is 11.3 Å². The van der Waals surface area contributed by atoms with E-state index >= 15 is 0 Å². The molecule has 96 valence electrons. The van der Waals surface area contributed by atoms with Gasteiger partial charge in [0.2, 0.25) is 0 Å². The number of methoxy groups -OCH3 is 1. The standard InChI is InChI=1S/C13H28N2O/c1-10-4-6-12(7-5-10)13(15-14)11(2)8-9-16-3/h10-13,15H,4-9,14H2,1-3H3. The molecule has 1 rings (SSSR count). The third kappa shape index (κ3) is 4.04. The molecule has 0 aromatic carbocycles. The van der Waals surface area contributed by atoms with E-state index in [0.717, 1.165) is 24.9 Å². The molecule has 0 spiro atoms. The van der Waals surface area contributed by atoms with Crippen molar-refractivity contribution in [1.82, 2.24) is 5.43 Å². The Labute approximate surface area is 100 Å². The first-order chi connectivity index (χ1) is 7.69. The molecule has 0 saturated heterocycles. The van der Waals surface area contributed by atoms with Crippen LogP contribution in [-0.4, -0.2) is 19.8 Å². The lowest BCUT2D eigenvalue weighted by Gasteiger charge is -2.35. The summed E-state index contributed by atoms with van der Waals surface area (Å²) in [6, 6.07) is 0.461. The zero-order valence-electron chi connectivity index (χ0n) is 11.0. The molecule has 0 bridgehead atoms. The lowest BCUT2D eigenvalue weighted by molar-refractivity contribution is 0.141. The third-order valence-corrected chi connectivity index (χ3v) is 4.15. The minimum Gasteiger partial charge on any atom is -0.385 e. The average Bonchev–Trinajstić information content (AvgIpc) is 2.30. The van der Waals surface area contributed by atoms with Gasteiger partial charge in [0.1, 0.15) is 0 Å². The fourth-order valence-electron chi connectivity index (χ4n) is 2.89. The van der Waals surface area contributed by atoms with Crippen molar-refractivity contribution in [2.45, 2.75) is 52.0 Å². The van der Waals surface area contributed by atoms with Gasteiger partial charge in [-0.1, -0.05) is 26.7 Å². The van der Waals surface area contributed by atoms with Gasteiger partial charge in [0.05, 0.1) is 0 Å². The van der Waals surface area contributed by atoms with Gasteiger partial charge in [-0.25, -0.2) is 0 Å². The molecule has 2 unspecified atom stereocenters. The first-order valence-corrected chi connectivity index (χ1v) is 6.64. The largest absolute Gasteiger partial charge is 0.385 e. The summed E-state index contributed by atoms with van der Waals surface area (Å²) in [5.74, 6) is 7.98. The maximum Gasteiger partial charge on any atom is 0.0465 e. The Morgan fingerprint density at radius 3 is 2.44 bits per heavy atom. The number of nitrogens with one attached hydrogen (secondary N) is 1. The van der Waals surface area contributed by atoms with Gasteiger partial charge in [-0.15, -0.1) is 0 Å². The Morgan fingerprint density at radius 1 is 1.31 bits per heavy atom. The molecule has 1 aliphatic carbocycles. The van der Waals surface area contributed by atoms with Crippen LogP contribution in [0, 0.1) is 17.8 Å². The average molecular weight is 228 g/mol. The van der Waals surface area contributed by atoms with Crippen LogP contribution in [0.2, 0.25) is 0 Å². The molecule has 1 saturated carbocycles. The van der Waals surface area contributed by atoms with Crippen LogP contribution in [0.3, 0.4) is 0 Å². The van der Waals surface area contributed by atoms with Crippen molar-refractivity contribution in [3.63, 3.8) is 0 Å². The minimum atomic E-state index is 0.461. The predicted molar refractivity (Wildman–Crippen MR) is 67.9 cm³/mol. The van der Waals surface area contributed by atoms with Gasteiger partial charge in [-0.05, 0) is 37.0 Å². The molecular formula is C13H28N2O. The van der Waals surface area contributed by atoms with Crippen LogP contribution >= 0.6 is 0 Å². The molecule has 0 aromatic rings. The first kappa shape index (κ1) is 13.9. The summed E-state index contributed by atoms with van der Waals surface area (Å²) in [6.45, 7) is 5.47. The first-order valence-electron chi connectivity index (χ1n) is 6.64.